The molecule has 0 amide bonds. The largest absolute Gasteiger partial charge is 0.360 e. The lowest BCUT2D eigenvalue weighted by Gasteiger charge is -2.30. The number of nitrogens with zero attached hydrogens (tertiary/aromatic N) is 2. The molecule has 1 aliphatic rings. The van der Waals surface area contributed by atoms with Crippen LogP contribution in [-0.4, -0.2) is 36.0 Å². The van der Waals surface area contributed by atoms with Gasteiger partial charge in [-0.3, -0.25) is 0 Å². The van der Waals surface area contributed by atoms with Crippen molar-refractivity contribution in [3.8, 4) is 0 Å². The number of aryl methyl sites for hydroxylation is 3. The van der Waals surface area contributed by atoms with Crippen molar-refractivity contribution in [3.05, 3.63) is 47.0 Å². The number of nitrogens with one attached hydrogen (secondary N) is 1. The zero-order chi connectivity index (χ0) is 17.8. The van der Waals surface area contributed by atoms with E-state index in [1.807, 2.05) is 12.1 Å². The second-order valence-corrected chi connectivity index (χ2v) is 8.63. The van der Waals surface area contributed by atoms with Crippen LogP contribution in [0.3, 0.4) is 0 Å². The first kappa shape index (κ1) is 16.4. The van der Waals surface area contributed by atoms with Gasteiger partial charge in [-0.05, 0) is 44.7 Å². The Hall–Kier alpha value is -2.12. The van der Waals surface area contributed by atoms with Crippen LogP contribution in [0.2, 0.25) is 0 Å². The number of H-pyrrole nitrogens is 1. The summed E-state index contributed by atoms with van der Waals surface area (Å²) in [6, 6.07) is 8.11. The molecule has 1 unspecified atom stereocenters. The van der Waals surface area contributed by atoms with Crippen LogP contribution in [0, 0.1) is 13.8 Å². The van der Waals surface area contributed by atoms with Gasteiger partial charge in [0.15, 0.2) is 5.76 Å². The van der Waals surface area contributed by atoms with Crippen LogP contribution in [0.25, 0.3) is 10.9 Å². The van der Waals surface area contributed by atoms with Crippen molar-refractivity contribution in [2.45, 2.75) is 44.0 Å². The monoisotopic (exact) mass is 359 g/mol. The summed E-state index contributed by atoms with van der Waals surface area (Å²) >= 11 is 0. The van der Waals surface area contributed by atoms with Gasteiger partial charge in [0, 0.05) is 29.7 Å². The molecule has 7 heteroatoms. The van der Waals surface area contributed by atoms with E-state index in [2.05, 4.69) is 22.3 Å². The summed E-state index contributed by atoms with van der Waals surface area (Å²) in [5.74, 6) is 0.341. The third kappa shape index (κ3) is 2.49. The number of aromatic nitrogens is 2. The highest BCUT2D eigenvalue weighted by atomic mass is 32.2. The van der Waals surface area contributed by atoms with E-state index in [0.717, 1.165) is 18.4 Å². The SMILES string of the molecule is Cc1noc(C)c1S(=O)(=O)N(C)C1CCc2[nH]c3ccccc3c2C1. The van der Waals surface area contributed by atoms with E-state index in [1.165, 1.54) is 20.9 Å². The average molecular weight is 359 g/mol. The highest BCUT2D eigenvalue weighted by Gasteiger charge is 2.35. The normalized spacial score (nSPS) is 18.0. The Bertz CT molecular complexity index is 1030. The van der Waals surface area contributed by atoms with Gasteiger partial charge in [-0.15, -0.1) is 0 Å². The standard InChI is InChI=1S/C18H21N3O3S/c1-11-18(12(2)24-20-11)25(22,23)21(3)13-8-9-17-15(10-13)14-6-4-5-7-16(14)19-17/h4-7,13,19H,8-10H2,1-3H3. The molecule has 0 bridgehead atoms. The number of hydrogen-bond donors (Lipinski definition) is 1. The fourth-order valence-electron chi connectivity index (χ4n) is 3.84. The number of para-hydroxylation sites is 1. The second-order valence-electron chi connectivity index (χ2n) is 6.70. The van der Waals surface area contributed by atoms with E-state index >= 15 is 0 Å². The fraction of sp³-hybridized carbons (Fsp3) is 0.389. The summed E-state index contributed by atoms with van der Waals surface area (Å²) < 4.78 is 32.7. The van der Waals surface area contributed by atoms with Gasteiger partial charge in [0.05, 0.1) is 0 Å². The molecule has 4 rings (SSSR count). The van der Waals surface area contributed by atoms with E-state index in [0.29, 0.717) is 17.9 Å². The molecule has 25 heavy (non-hydrogen) atoms. The van der Waals surface area contributed by atoms with Crippen LogP contribution in [0.5, 0.6) is 0 Å². The van der Waals surface area contributed by atoms with Crippen molar-refractivity contribution in [1.82, 2.24) is 14.4 Å². The molecule has 0 radical (unpaired) electrons. The molecule has 0 aliphatic heterocycles. The van der Waals surface area contributed by atoms with Gasteiger partial charge < -0.3 is 9.51 Å². The lowest BCUT2D eigenvalue weighted by molar-refractivity contribution is 0.334. The second kappa shape index (κ2) is 5.71. The van der Waals surface area contributed by atoms with E-state index in [-0.39, 0.29) is 10.9 Å². The molecule has 0 spiro atoms. The zero-order valence-corrected chi connectivity index (χ0v) is 15.4. The van der Waals surface area contributed by atoms with Gasteiger partial charge in [0.25, 0.3) is 0 Å². The first-order valence-electron chi connectivity index (χ1n) is 8.39. The number of likely N-dealkylation sites (N-methyl/N-ethyl adjacent to an activating group) is 1. The third-order valence-electron chi connectivity index (χ3n) is 5.19. The summed E-state index contributed by atoms with van der Waals surface area (Å²) in [6.07, 6.45) is 2.34. The molecule has 132 valence electrons. The number of sulfonamides is 1. The van der Waals surface area contributed by atoms with Crippen LogP contribution in [0.15, 0.2) is 33.7 Å². The number of rotatable bonds is 3. The predicted octanol–water partition coefficient (Wildman–Crippen LogP) is 2.95. The van der Waals surface area contributed by atoms with Crippen molar-refractivity contribution in [1.29, 1.82) is 0 Å². The first-order valence-corrected chi connectivity index (χ1v) is 9.83. The van der Waals surface area contributed by atoms with Crippen LogP contribution in [0.4, 0.5) is 0 Å². The molecule has 0 saturated carbocycles. The molecule has 0 fully saturated rings. The highest BCUT2D eigenvalue weighted by molar-refractivity contribution is 7.89. The summed E-state index contributed by atoms with van der Waals surface area (Å²) in [5, 5.41) is 4.98. The summed E-state index contributed by atoms with van der Waals surface area (Å²) in [6.45, 7) is 3.30. The average Bonchev–Trinajstić information content (AvgIpc) is 3.13. The van der Waals surface area contributed by atoms with Gasteiger partial charge in [-0.25, -0.2) is 8.42 Å². The quantitative estimate of drug-likeness (QED) is 0.780. The van der Waals surface area contributed by atoms with E-state index in [4.69, 9.17) is 4.52 Å². The minimum absolute atomic E-state index is 0.0783. The third-order valence-corrected chi connectivity index (χ3v) is 7.34. The van der Waals surface area contributed by atoms with E-state index < -0.39 is 10.0 Å². The van der Waals surface area contributed by atoms with Gasteiger partial charge >= 0.3 is 0 Å². The highest BCUT2D eigenvalue weighted by Crippen LogP contribution is 2.33. The molecule has 1 N–H and O–H groups in total. The fourth-order valence-corrected chi connectivity index (χ4v) is 5.52. The minimum Gasteiger partial charge on any atom is -0.360 e. The lowest BCUT2D eigenvalue weighted by Crippen LogP contribution is -2.40. The Balaban J connectivity index is 1.69. The van der Waals surface area contributed by atoms with Crippen molar-refractivity contribution in [2.24, 2.45) is 0 Å². The topological polar surface area (TPSA) is 79.2 Å². The molecular weight excluding hydrogens is 338 g/mol. The predicted molar refractivity (Wildman–Crippen MR) is 95.0 cm³/mol. The van der Waals surface area contributed by atoms with E-state index in [1.54, 1.807) is 20.9 Å². The van der Waals surface area contributed by atoms with Crippen molar-refractivity contribution in [3.63, 3.8) is 0 Å². The Morgan fingerprint density at radius 3 is 2.76 bits per heavy atom. The van der Waals surface area contributed by atoms with Crippen LogP contribution < -0.4 is 0 Å². The molecule has 0 saturated heterocycles. The van der Waals surface area contributed by atoms with Gasteiger partial charge in [-0.1, -0.05) is 23.4 Å². The molecule has 1 atom stereocenters. The Morgan fingerprint density at radius 1 is 1.28 bits per heavy atom. The molecule has 3 aromatic rings. The Kier molecular flexibility index (Phi) is 3.73. The lowest BCUT2D eigenvalue weighted by atomic mass is 9.91. The number of benzene rings is 1. The Labute approximate surface area is 146 Å². The molecule has 2 aromatic heterocycles. The maximum atomic E-state index is 13.1. The first-order chi connectivity index (χ1) is 11.9. The molecular formula is C18H21N3O3S. The zero-order valence-electron chi connectivity index (χ0n) is 14.5. The molecule has 6 nitrogen and oxygen atoms in total. The maximum Gasteiger partial charge on any atom is 0.248 e. The maximum absolute atomic E-state index is 13.1. The summed E-state index contributed by atoms with van der Waals surface area (Å²) in [7, 11) is -1.97. The molecule has 1 aromatic carbocycles. The van der Waals surface area contributed by atoms with Crippen LogP contribution in [-0.2, 0) is 22.9 Å². The van der Waals surface area contributed by atoms with E-state index in [9.17, 15) is 8.42 Å². The summed E-state index contributed by atoms with van der Waals surface area (Å²) in [5.41, 5.74) is 3.98. The minimum atomic E-state index is -3.63. The van der Waals surface area contributed by atoms with Gasteiger partial charge in [-0.2, -0.15) is 4.31 Å². The number of hydrogen-bond acceptors (Lipinski definition) is 4. The Morgan fingerprint density at radius 2 is 2.04 bits per heavy atom. The van der Waals surface area contributed by atoms with Crippen LogP contribution in [0.1, 0.15) is 29.1 Å². The summed E-state index contributed by atoms with van der Waals surface area (Å²) in [4.78, 5) is 3.66. The van der Waals surface area contributed by atoms with Crippen molar-refractivity contribution >= 4 is 20.9 Å². The van der Waals surface area contributed by atoms with Gasteiger partial charge in [0.2, 0.25) is 10.0 Å². The number of fused-ring (bicyclic) bond motifs is 3. The smallest absolute Gasteiger partial charge is 0.248 e. The van der Waals surface area contributed by atoms with Gasteiger partial charge in [0.1, 0.15) is 10.6 Å². The van der Waals surface area contributed by atoms with Crippen LogP contribution >= 0.6 is 0 Å². The van der Waals surface area contributed by atoms with Crippen molar-refractivity contribution in [2.75, 3.05) is 7.05 Å². The van der Waals surface area contributed by atoms with Crippen molar-refractivity contribution < 1.29 is 12.9 Å². The number of aromatic amines is 1. The molecule has 2 heterocycles. The molecule has 1 aliphatic carbocycles.